The Hall–Kier alpha value is -2.47. The maximum atomic E-state index is 9.02. The van der Waals surface area contributed by atoms with E-state index in [-0.39, 0.29) is 0 Å². The fourth-order valence-electron chi connectivity index (χ4n) is 1.84. The molecule has 0 amide bonds. The van der Waals surface area contributed by atoms with Crippen molar-refractivity contribution in [1.29, 1.82) is 5.26 Å². The molecule has 0 aliphatic heterocycles. The molecule has 19 heavy (non-hydrogen) atoms. The molecule has 2 rings (SSSR count). The van der Waals surface area contributed by atoms with Crippen molar-refractivity contribution in [3.05, 3.63) is 59.7 Å². The molecule has 3 nitrogen and oxygen atoms in total. The van der Waals surface area contributed by atoms with Crippen LogP contribution < -0.4 is 10.2 Å². The van der Waals surface area contributed by atoms with Crippen molar-refractivity contribution in [2.24, 2.45) is 0 Å². The first kappa shape index (κ1) is 13.0. The first-order valence-electron chi connectivity index (χ1n) is 6.20. The molecule has 0 saturated heterocycles. The standard InChI is InChI=1S/C16H17N3/c1-19(2)15-9-7-13(8-10-15)12-18-16-6-4-3-5-14(16)11-17/h3-10,18H,12H2,1-2H3. The molecule has 0 aromatic heterocycles. The van der Waals surface area contributed by atoms with E-state index in [1.54, 1.807) is 0 Å². The van der Waals surface area contributed by atoms with E-state index in [9.17, 15) is 0 Å². The predicted molar refractivity (Wildman–Crippen MR) is 79.3 cm³/mol. The van der Waals surface area contributed by atoms with Crippen LogP contribution in [0.5, 0.6) is 0 Å². The highest BCUT2D eigenvalue weighted by Crippen LogP contribution is 2.16. The van der Waals surface area contributed by atoms with Crippen molar-refractivity contribution in [1.82, 2.24) is 0 Å². The number of hydrogen-bond acceptors (Lipinski definition) is 3. The number of nitriles is 1. The van der Waals surface area contributed by atoms with E-state index >= 15 is 0 Å². The van der Waals surface area contributed by atoms with Gasteiger partial charge >= 0.3 is 0 Å². The molecule has 0 aliphatic rings. The van der Waals surface area contributed by atoms with Crippen LogP contribution >= 0.6 is 0 Å². The van der Waals surface area contributed by atoms with E-state index in [0.717, 1.165) is 5.69 Å². The van der Waals surface area contributed by atoms with E-state index < -0.39 is 0 Å². The van der Waals surface area contributed by atoms with Gasteiger partial charge in [-0.1, -0.05) is 24.3 Å². The van der Waals surface area contributed by atoms with Gasteiger partial charge in [-0.3, -0.25) is 0 Å². The fraction of sp³-hybridized carbons (Fsp3) is 0.188. The Morgan fingerprint density at radius 3 is 2.37 bits per heavy atom. The minimum atomic E-state index is 0.674. The van der Waals surface area contributed by atoms with Crippen LogP contribution in [0, 0.1) is 11.3 Å². The summed E-state index contributed by atoms with van der Waals surface area (Å²) in [5, 5.41) is 12.3. The second-order valence-corrected chi connectivity index (χ2v) is 4.57. The van der Waals surface area contributed by atoms with Crippen LogP contribution in [0.1, 0.15) is 11.1 Å². The number of nitrogens with one attached hydrogen (secondary N) is 1. The lowest BCUT2D eigenvalue weighted by molar-refractivity contribution is 1.11. The first-order valence-corrected chi connectivity index (χ1v) is 6.20. The van der Waals surface area contributed by atoms with E-state index in [1.165, 1.54) is 11.3 Å². The van der Waals surface area contributed by atoms with Gasteiger partial charge in [0.25, 0.3) is 0 Å². The molecule has 0 heterocycles. The Morgan fingerprint density at radius 1 is 1.05 bits per heavy atom. The SMILES string of the molecule is CN(C)c1ccc(CNc2ccccc2C#N)cc1. The number of nitrogens with zero attached hydrogens (tertiary/aromatic N) is 2. The topological polar surface area (TPSA) is 39.1 Å². The van der Waals surface area contributed by atoms with Gasteiger partial charge in [0, 0.05) is 26.3 Å². The molecule has 0 radical (unpaired) electrons. The molecule has 2 aromatic rings. The second-order valence-electron chi connectivity index (χ2n) is 4.57. The van der Waals surface area contributed by atoms with Crippen LogP contribution in [0.25, 0.3) is 0 Å². The van der Waals surface area contributed by atoms with Gasteiger partial charge in [0.15, 0.2) is 0 Å². The molecule has 0 saturated carbocycles. The summed E-state index contributed by atoms with van der Waals surface area (Å²) in [6.07, 6.45) is 0. The highest BCUT2D eigenvalue weighted by Gasteiger charge is 2.00. The lowest BCUT2D eigenvalue weighted by Crippen LogP contribution is -2.08. The average Bonchev–Trinajstić information content (AvgIpc) is 2.45. The van der Waals surface area contributed by atoms with Gasteiger partial charge < -0.3 is 10.2 Å². The summed E-state index contributed by atoms with van der Waals surface area (Å²) in [5.74, 6) is 0. The summed E-state index contributed by atoms with van der Waals surface area (Å²) in [5.41, 5.74) is 3.92. The third-order valence-electron chi connectivity index (χ3n) is 2.98. The molecule has 2 aromatic carbocycles. The van der Waals surface area contributed by atoms with Crippen LogP contribution in [0.2, 0.25) is 0 Å². The molecule has 0 bridgehead atoms. The van der Waals surface area contributed by atoms with Crippen molar-refractivity contribution in [2.75, 3.05) is 24.3 Å². The summed E-state index contributed by atoms with van der Waals surface area (Å²) in [6.45, 7) is 0.715. The van der Waals surface area contributed by atoms with Gasteiger partial charge in [-0.25, -0.2) is 0 Å². The Balaban J connectivity index is 2.04. The summed E-state index contributed by atoms with van der Waals surface area (Å²) < 4.78 is 0. The Morgan fingerprint density at radius 2 is 1.74 bits per heavy atom. The van der Waals surface area contributed by atoms with Crippen LogP contribution in [-0.4, -0.2) is 14.1 Å². The van der Waals surface area contributed by atoms with E-state index in [0.29, 0.717) is 12.1 Å². The Labute approximate surface area is 114 Å². The van der Waals surface area contributed by atoms with E-state index in [1.807, 2.05) is 38.4 Å². The maximum Gasteiger partial charge on any atom is 0.101 e. The monoisotopic (exact) mass is 251 g/mol. The van der Waals surface area contributed by atoms with Gasteiger partial charge in [0.05, 0.1) is 11.3 Å². The number of rotatable bonds is 4. The molecule has 0 atom stereocenters. The third-order valence-corrected chi connectivity index (χ3v) is 2.98. The van der Waals surface area contributed by atoms with Crippen molar-refractivity contribution < 1.29 is 0 Å². The quantitative estimate of drug-likeness (QED) is 0.906. The van der Waals surface area contributed by atoms with Crippen molar-refractivity contribution >= 4 is 11.4 Å². The zero-order chi connectivity index (χ0) is 13.7. The van der Waals surface area contributed by atoms with Crippen LogP contribution in [0.4, 0.5) is 11.4 Å². The predicted octanol–water partition coefficient (Wildman–Crippen LogP) is 3.24. The molecular weight excluding hydrogens is 234 g/mol. The molecule has 96 valence electrons. The molecule has 0 spiro atoms. The maximum absolute atomic E-state index is 9.02. The molecule has 0 aliphatic carbocycles. The summed E-state index contributed by atoms with van der Waals surface area (Å²) in [4.78, 5) is 2.07. The fourth-order valence-corrected chi connectivity index (χ4v) is 1.84. The molecule has 1 N–H and O–H groups in total. The second kappa shape index (κ2) is 5.92. The first-order chi connectivity index (χ1) is 9.20. The zero-order valence-electron chi connectivity index (χ0n) is 11.2. The Kier molecular flexibility index (Phi) is 4.04. The lowest BCUT2D eigenvalue weighted by atomic mass is 10.1. The Bertz CT molecular complexity index is 580. The van der Waals surface area contributed by atoms with E-state index in [2.05, 4.69) is 40.6 Å². The molecular formula is C16H17N3. The van der Waals surface area contributed by atoms with Gasteiger partial charge in [-0.2, -0.15) is 5.26 Å². The summed E-state index contributed by atoms with van der Waals surface area (Å²) >= 11 is 0. The van der Waals surface area contributed by atoms with Crippen molar-refractivity contribution in [3.8, 4) is 6.07 Å². The average molecular weight is 251 g/mol. The zero-order valence-corrected chi connectivity index (χ0v) is 11.2. The third kappa shape index (κ3) is 3.26. The number of para-hydroxylation sites is 1. The van der Waals surface area contributed by atoms with Gasteiger partial charge in [-0.15, -0.1) is 0 Å². The molecule has 3 heteroatoms. The smallest absolute Gasteiger partial charge is 0.101 e. The summed E-state index contributed by atoms with van der Waals surface area (Å²) in [6, 6.07) is 18.1. The normalized spacial score (nSPS) is 9.74. The highest BCUT2D eigenvalue weighted by atomic mass is 15.1. The van der Waals surface area contributed by atoms with Gasteiger partial charge in [0.2, 0.25) is 0 Å². The largest absolute Gasteiger partial charge is 0.380 e. The summed E-state index contributed by atoms with van der Waals surface area (Å²) in [7, 11) is 4.05. The molecule has 0 fully saturated rings. The van der Waals surface area contributed by atoms with Crippen LogP contribution in [0.3, 0.4) is 0 Å². The minimum Gasteiger partial charge on any atom is -0.380 e. The number of benzene rings is 2. The number of anilines is 2. The van der Waals surface area contributed by atoms with Crippen LogP contribution in [0.15, 0.2) is 48.5 Å². The van der Waals surface area contributed by atoms with Gasteiger partial charge in [-0.05, 0) is 29.8 Å². The van der Waals surface area contributed by atoms with Crippen molar-refractivity contribution in [3.63, 3.8) is 0 Å². The van der Waals surface area contributed by atoms with Crippen molar-refractivity contribution in [2.45, 2.75) is 6.54 Å². The molecule has 0 unspecified atom stereocenters. The number of hydrogen-bond donors (Lipinski definition) is 1. The van der Waals surface area contributed by atoms with Crippen LogP contribution in [-0.2, 0) is 6.54 Å². The lowest BCUT2D eigenvalue weighted by Gasteiger charge is -2.13. The minimum absolute atomic E-state index is 0.674. The highest BCUT2D eigenvalue weighted by molar-refractivity contribution is 5.57. The van der Waals surface area contributed by atoms with E-state index in [4.69, 9.17) is 5.26 Å². The van der Waals surface area contributed by atoms with Gasteiger partial charge in [0.1, 0.15) is 6.07 Å².